The molecular weight excluding hydrogens is 388 g/mol. The van der Waals surface area contributed by atoms with Gasteiger partial charge < -0.3 is 19.5 Å². The largest absolute Gasteiger partial charge is 0.493 e. The highest BCUT2D eigenvalue weighted by atomic mass is 32.1. The number of hydrogen-bond donors (Lipinski definition) is 1. The second kappa shape index (κ2) is 7.60. The van der Waals surface area contributed by atoms with Crippen molar-refractivity contribution in [3.05, 3.63) is 52.9 Å². The van der Waals surface area contributed by atoms with Crippen LogP contribution in [0.2, 0.25) is 0 Å². The van der Waals surface area contributed by atoms with Crippen LogP contribution < -0.4 is 19.5 Å². The monoisotopic (exact) mass is 408 g/mol. The summed E-state index contributed by atoms with van der Waals surface area (Å²) in [6.45, 7) is 2.05. The van der Waals surface area contributed by atoms with Gasteiger partial charge in [-0.1, -0.05) is 11.6 Å². The van der Waals surface area contributed by atoms with Crippen molar-refractivity contribution in [2.45, 2.75) is 6.92 Å². The molecule has 2 heterocycles. The summed E-state index contributed by atoms with van der Waals surface area (Å²) in [4.78, 5) is 18.9. The van der Waals surface area contributed by atoms with E-state index in [1.807, 2.05) is 25.1 Å². The van der Waals surface area contributed by atoms with Gasteiger partial charge in [0.1, 0.15) is 4.83 Å². The fourth-order valence-corrected chi connectivity index (χ4v) is 4.13. The summed E-state index contributed by atoms with van der Waals surface area (Å²) >= 11 is 1.36. The minimum Gasteiger partial charge on any atom is -0.493 e. The first-order chi connectivity index (χ1) is 14.0. The number of carbonyl (C=O) groups excluding carboxylic acids is 1. The van der Waals surface area contributed by atoms with Crippen molar-refractivity contribution < 1.29 is 19.0 Å². The molecule has 0 saturated carbocycles. The van der Waals surface area contributed by atoms with E-state index in [1.165, 1.54) is 38.2 Å². The number of carbonyl (C=O) groups is 1. The van der Waals surface area contributed by atoms with Crippen LogP contribution in [0.15, 0.2) is 42.5 Å². The molecule has 0 saturated heterocycles. The van der Waals surface area contributed by atoms with Crippen molar-refractivity contribution in [1.29, 1.82) is 0 Å². The van der Waals surface area contributed by atoms with Gasteiger partial charge in [0, 0.05) is 28.6 Å². The molecule has 0 atom stereocenters. The maximum Gasteiger partial charge on any atom is 0.265 e. The minimum atomic E-state index is -0.220. The van der Waals surface area contributed by atoms with E-state index in [2.05, 4.69) is 22.4 Å². The molecule has 4 rings (SSSR count). The van der Waals surface area contributed by atoms with Gasteiger partial charge in [-0.05, 0) is 31.2 Å². The van der Waals surface area contributed by atoms with Crippen LogP contribution in [0, 0.1) is 6.92 Å². The van der Waals surface area contributed by atoms with Gasteiger partial charge in [0.25, 0.3) is 5.91 Å². The molecule has 4 aromatic rings. The van der Waals surface area contributed by atoms with Crippen molar-refractivity contribution in [1.82, 2.24) is 4.98 Å². The molecule has 7 heteroatoms. The highest BCUT2D eigenvalue weighted by Gasteiger charge is 2.17. The minimum absolute atomic E-state index is 0.220. The van der Waals surface area contributed by atoms with Crippen LogP contribution in [0.5, 0.6) is 17.2 Å². The first-order valence-electron chi connectivity index (χ1n) is 8.94. The summed E-state index contributed by atoms with van der Waals surface area (Å²) in [6, 6.07) is 13.4. The number of nitrogens with one attached hydrogen (secondary N) is 1. The molecule has 2 aromatic carbocycles. The fourth-order valence-electron chi connectivity index (χ4n) is 3.21. The lowest BCUT2D eigenvalue weighted by Gasteiger charge is -2.14. The van der Waals surface area contributed by atoms with Crippen molar-refractivity contribution in [2.75, 3.05) is 26.6 Å². The van der Waals surface area contributed by atoms with Gasteiger partial charge in [-0.15, -0.1) is 11.3 Å². The molecule has 0 bridgehead atoms. The van der Waals surface area contributed by atoms with E-state index in [0.717, 1.165) is 21.1 Å². The van der Waals surface area contributed by atoms with Crippen molar-refractivity contribution >= 4 is 44.1 Å². The molecule has 6 nitrogen and oxygen atoms in total. The maximum absolute atomic E-state index is 12.8. The Hall–Kier alpha value is -3.32. The molecule has 148 valence electrons. The van der Waals surface area contributed by atoms with Gasteiger partial charge in [-0.25, -0.2) is 4.98 Å². The van der Waals surface area contributed by atoms with Crippen LogP contribution in [0.3, 0.4) is 0 Å². The van der Waals surface area contributed by atoms with Gasteiger partial charge in [-0.3, -0.25) is 4.79 Å². The molecule has 29 heavy (non-hydrogen) atoms. The number of thiophene rings is 1. The Morgan fingerprint density at radius 2 is 1.66 bits per heavy atom. The Kier molecular flexibility index (Phi) is 4.98. The van der Waals surface area contributed by atoms with Gasteiger partial charge in [0.15, 0.2) is 11.5 Å². The molecule has 0 fully saturated rings. The third-order valence-corrected chi connectivity index (χ3v) is 5.65. The molecule has 0 aliphatic carbocycles. The zero-order valence-electron chi connectivity index (χ0n) is 16.5. The third kappa shape index (κ3) is 3.56. The standard InChI is InChI=1S/C22H20N2O4S/c1-12-5-6-16-13(7-12)8-14-9-19(29-22(14)24-16)21(25)23-15-10-17(26-2)20(28-4)18(11-15)27-3/h5-11H,1-4H3,(H,23,25). The number of rotatable bonds is 5. The number of pyridine rings is 1. The van der Waals surface area contributed by atoms with Crippen molar-refractivity contribution in [2.24, 2.45) is 0 Å². The van der Waals surface area contributed by atoms with E-state index >= 15 is 0 Å². The summed E-state index contributed by atoms with van der Waals surface area (Å²) in [5, 5.41) is 4.91. The van der Waals surface area contributed by atoms with Gasteiger partial charge in [-0.2, -0.15) is 0 Å². The van der Waals surface area contributed by atoms with E-state index in [0.29, 0.717) is 27.8 Å². The molecule has 0 radical (unpaired) electrons. The molecule has 0 spiro atoms. The quantitative estimate of drug-likeness (QED) is 0.501. The predicted octanol–water partition coefficient (Wildman–Crippen LogP) is 5.04. The lowest BCUT2D eigenvalue weighted by molar-refractivity contribution is 0.103. The summed E-state index contributed by atoms with van der Waals surface area (Å²) in [7, 11) is 4.61. The zero-order valence-corrected chi connectivity index (χ0v) is 17.3. The van der Waals surface area contributed by atoms with E-state index in [-0.39, 0.29) is 5.91 Å². The SMILES string of the molecule is COc1cc(NC(=O)c2cc3cc4cc(C)ccc4nc3s2)cc(OC)c1OC. The average Bonchev–Trinajstić information content (AvgIpc) is 3.14. The number of hydrogen-bond acceptors (Lipinski definition) is 6. The normalized spacial score (nSPS) is 10.9. The van der Waals surface area contributed by atoms with E-state index in [4.69, 9.17) is 14.2 Å². The second-order valence-corrected chi connectivity index (χ2v) is 7.59. The van der Waals surface area contributed by atoms with Crippen LogP contribution in [0.4, 0.5) is 5.69 Å². The molecule has 0 unspecified atom stereocenters. The summed E-state index contributed by atoms with van der Waals surface area (Å²) in [5.41, 5.74) is 2.64. The fraction of sp³-hybridized carbons (Fsp3) is 0.182. The second-order valence-electron chi connectivity index (χ2n) is 6.56. The lowest BCUT2D eigenvalue weighted by Crippen LogP contribution is -2.10. The number of aromatic nitrogens is 1. The Morgan fingerprint density at radius 3 is 2.31 bits per heavy atom. The van der Waals surface area contributed by atoms with E-state index in [9.17, 15) is 4.79 Å². The summed E-state index contributed by atoms with van der Waals surface area (Å²) in [5.74, 6) is 1.20. The number of methoxy groups -OCH3 is 3. The van der Waals surface area contributed by atoms with Crippen molar-refractivity contribution in [3.63, 3.8) is 0 Å². The third-order valence-electron chi connectivity index (χ3n) is 4.60. The van der Waals surface area contributed by atoms with E-state index in [1.54, 1.807) is 12.1 Å². The highest BCUT2D eigenvalue weighted by Crippen LogP contribution is 2.40. The maximum atomic E-state index is 12.8. The molecule has 0 aliphatic rings. The van der Waals surface area contributed by atoms with Crippen LogP contribution >= 0.6 is 11.3 Å². The van der Waals surface area contributed by atoms with E-state index < -0.39 is 0 Å². The molecule has 1 N–H and O–H groups in total. The number of anilines is 1. The Labute approximate surface area is 172 Å². The molecule has 1 amide bonds. The molecule has 2 aromatic heterocycles. The zero-order chi connectivity index (χ0) is 20.5. The van der Waals surface area contributed by atoms with Crippen LogP contribution in [-0.2, 0) is 0 Å². The number of fused-ring (bicyclic) bond motifs is 2. The Balaban J connectivity index is 1.68. The first kappa shape index (κ1) is 19.0. The topological polar surface area (TPSA) is 69.7 Å². The number of amides is 1. The van der Waals surface area contributed by atoms with Crippen LogP contribution in [-0.4, -0.2) is 32.2 Å². The number of ether oxygens (including phenoxy) is 3. The smallest absolute Gasteiger partial charge is 0.265 e. The van der Waals surface area contributed by atoms with Gasteiger partial charge in [0.2, 0.25) is 5.75 Å². The highest BCUT2D eigenvalue weighted by molar-refractivity contribution is 7.20. The van der Waals surface area contributed by atoms with Gasteiger partial charge >= 0.3 is 0 Å². The molecule has 0 aliphatic heterocycles. The van der Waals surface area contributed by atoms with Crippen molar-refractivity contribution in [3.8, 4) is 17.2 Å². The Morgan fingerprint density at radius 1 is 0.931 bits per heavy atom. The summed E-state index contributed by atoms with van der Waals surface area (Å²) in [6.07, 6.45) is 0. The number of nitrogens with zero attached hydrogens (tertiary/aromatic N) is 1. The number of benzene rings is 2. The summed E-state index contributed by atoms with van der Waals surface area (Å²) < 4.78 is 16.0. The average molecular weight is 408 g/mol. The lowest BCUT2D eigenvalue weighted by atomic mass is 10.1. The first-order valence-corrected chi connectivity index (χ1v) is 9.76. The predicted molar refractivity (Wildman–Crippen MR) is 116 cm³/mol. The number of aryl methyl sites for hydroxylation is 1. The van der Waals surface area contributed by atoms with Crippen LogP contribution in [0.1, 0.15) is 15.2 Å². The van der Waals surface area contributed by atoms with Gasteiger partial charge in [0.05, 0.1) is 31.7 Å². The van der Waals surface area contributed by atoms with Crippen LogP contribution in [0.25, 0.3) is 21.1 Å². The Bertz CT molecular complexity index is 1210. The molecular formula is C22H20N2O4S.